The van der Waals surface area contributed by atoms with E-state index >= 15 is 0 Å². The van der Waals surface area contributed by atoms with Gasteiger partial charge in [-0.2, -0.15) is 4.98 Å². The first-order valence-electron chi connectivity index (χ1n) is 6.36. The van der Waals surface area contributed by atoms with Crippen LogP contribution >= 0.6 is 23.2 Å². The Hall–Kier alpha value is -1.57. The fourth-order valence-electron chi connectivity index (χ4n) is 1.76. The predicted molar refractivity (Wildman–Crippen MR) is 89.6 cm³/mol. The predicted octanol–water partition coefficient (Wildman–Crippen LogP) is 3.31. The Balaban J connectivity index is 2.43. The van der Waals surface area contributed by atoms with Gasteiger partial charge in [0, 0.05) is 7.05 Å². The number of sulfonamides is 1. The van der Waals surface area contributed by atoms with E-state index in [1.807, 2.05) is 0 Å². The van der Waals surface area contributed by atoms with Crippen molar-refractivity contribution in [1.29, 1.82) is 0 Å². The molecule has 1 aromatic heterocycles. The lowest BCUT2D eigenvalue weighted by Crippen LogP contribution is -2.28. The monoisotopic (exact) mass is 360 g/mol. The van der Waals surface area contributed by atoms with Crippen LogP contribution in [0.2, 0.25) is 10.3 Å². The van der Waals surface area contributed by atoms with Gasteiger partial charge in [-0.1, -0.05) is 23.7 Å². The van der Waals surface area contributed by atoms with Crippen molar-refractivity contribution in [3.05, 3.63) is 40.8 Å². The van der Waals surface area contributed by atoms with Gasteiger partial charge in [-0.25, -0.2) is 13.4 Å². The van der Waals surface area contributed by atoms with Crippen molar-refractivity contribution >= 4 is 50.4 Å². The van der Waals surface area contributed by atoms with Crippen LogP contribution in [0, 0.1) is 0 Å². The van der Waals surface area contributed by atoms with E-state index in [1.54, 1.807) is 31.2 Å². The zero-order valence-electron chi connectivity index (χ0n) is 11.9. The van der Waals surface area contributed by atoms with Crippen LogP contribution in [-0.4, -0.2) is 31.2 Å². The van der Waals surface area contributed by atoms with Crippen LogP contribution in [-0.2, 0) is 10.0 Å². The second-order valence-corrected chi connectivity index (χ2v) is 7.38. The summed E-state index contributed by atoms with van der Waals surface area (Å²) < 4.78 is 25.3. The van der Waals surface area contributed by atoms with Gasteiger partial charge in [0.1, 0.15) is 5.02 Å². The summed E-state index contributed by atoms with van der Waals surface area (Å²) in [5, 5.41) is 3.30. The molecule has 0 fully saturated rings. The lowest BCUT2D eigenvalue weighted by molar-refractivity contribution is 0.595. The minimum atomic E-state index is -3.38. The van der Waals surface area contributed by atoms with E-state index in [0.29, 0.717) is 17.2 Å². The van der Waals surface area contributed by atoms with Crippen molar-refractivity contribution in [3.63, 3.8) is 0 Å². The SMILES string of the molecule is CCS(=O)(=O)N(C)c1ccccc1Nc1nc(Cl)ncc1Cl. The number of rotatable bonds is 5. The van der Waals surface area contributed by atoms with Gasteiger partial charge >= 0.3 is 0 Å². The quantitative estimate of drug-likeness (QED) is 0.827. The number of halogens is 2. The molecule has 1 N–H and O–H groups in total. The second kappa shape index (κ2) is 6.68. The lowest BCUT2D eigenvalue weighted by atomic mass is 10.2. The number of nitrogens with zero attached hydrogens (tertiary/aromatic N) is 3. The number of aromatic nitrogens is 2. The largest absolute Gasteiger partial charge is 0.337 e. The zero-order chi connectivity index (χ0) is 16.3. The molecule has 6 nitrogen and oxygen atoms in total. The van der Waals surface area contributed by atoms with Crippen LogP contribution in [0.5, 0.6) is 0 Å². The fraction of sp³-hybridized carbons (Fsp3) is 0.231. The van der Waals surface area contributed by atoms with Crippen molar-refractivity contribution in [2.45, 2.75) is 6.92 Å². The van der Waals surface area contributed by atoms with E-state index in [2.05, 4.69) is 15.3 Å². The van der Waals surface area contributed by atoms with Gasteiger partial charge in [-0.05, 0) is 30.7 Å². The van der Waals surface area contributed by atoms with Gasteiger partial charge < -0.3 is 5.32 Å². The maximum Gasteiger partial charge on any atom is 0.234 e. The van der Waals surface area contributed by atoms with Crippen LogP contribution in [0.15, 0.2) is 30.5 Å². The molecule has 0 aliphatic rings. The average molecular weight is 361 g/mol. The Morgan fingerprint density at radius 1 is 1.27 bits per heavy atom. The van der Waals surface area contributed by atoms with E-state index < -0.39 is 10.0 Å². The summed E-state index contributed by atoms with van der Waals surface area (Å²) in [5.41, 5.74) is 1.02. The summed E-state index contributed by atoms with van der Waals surface area (Å²) in [6, 6.07) is 6.93. The van der Waals surface area contributed by atoms with Crippen molar-refractivity contribution in [2.24, 2.45) is 0 Å². The molecular formula is C13H14Cl2N4O2S. The molecule has 0 aliphatic heterocycles. The third-order valence-corrected chi connectivity index (χ3v) is 5.21. The summed E-state index contributed by atoms with van der Waals surface area (Å²) in [6.07, 6.45) is 1.37. The van der Waals surface area contributed by atoms with Crippen molar-refractivity contribution in [2.75, 3.05) is 22.4 Å². The second-order valence-electron chi connectivity index (χ2n) is 4.35. The normalized spacial score (nSPS) is 11.3. The summed E-state index contributed by atoms with van der Waals surface area (Å²) in [4.78, 5) is 7.76. The Morgan fingerprint density at radius 2 is 1.95 bits per heavy atom. The molecule has 22 heavy (non-hydrogen) atoms. The Bertz CT molecular complexity index is 783. The van der Waals surface area contributed by atoms with Crippen LogP contribution in [0.1, 0.15) is 6.92 Å². The maximum absolute atomic E-state index is 12.1. The standard InChI is InChI=1S/C13H14Cl2N4O2S/c1-3-22(20,21)19(2)11-7-5-4-6-10(11)17-12-9(14)8-16-13(15)18-12/h4-8H,3H2,1-2H3,(H,16,17,18). The number of para-hydroxylation sites is 2. The van der Waals surface area contributed by atoms with Crippen molar-refractivity contribution in [3.8, 4) is 0 Å². The highest BCUT2D eigenvalue weighted by atomic mass is 35.5. The van der Waals surface area contributed by atoms with Crippen molar-refractivity contribution in [1.82, 2.24) is 9.97 Å². The molecule has 0 unspecified atom stereocenters. The molecule has 1 heterocycles. The summed E-state index contributed by atoms with van der Waals surface area (Å²) in [5.74, 6) is 0.300. The van der Waals surface area contributed by atoms with Gasteiger partial charge in [-0.3, -0.25) is 4.31 Å². The first kappa shape index (κ1) is 16.8. The van der Waals surface area contributed by atoms with Crippen LogP contribution in [0.3, 0.4) is 0 Å². The van der Waals surface area contributed by atoms with Gasteiger partial charge in [0.25, 0.3) is 0 Å². The van der Waals surface area contributed by atoms with Gasteiger partial charge in [0.05, 0.1) is 23.3 Å². The summed E-state index contributed by atoms with van der Waals surface area (Å²) >= 11 is 11.8. The molecule has 0 saturated heterocycles. The smallest absolute Gasteiger partial charge is 0.234 e. The number of nitrogens with one attached hydrogen (secondary N) is 1. The molecule has 118 valence electrons. The molecule has 2 rings (SSSR count). The van der Waals surface area contributed by atoms with Crippen LogP contribution in [0.25, 0.3) is 0 Å². The summed E-state index contributed by atoms with van der Waals surface area (Å²) in [7, 11) is -1.89. The molecule has 0 atom stereocenters. The van der Waals surface area contributed by atoms with E-state index in [4.69, 9.17) is 23.2 Å². The highest BCUT2D eigenvalue weighted by Crippen LogP contribution is 2.31. The minimum Gasteiger partial charge on any atom is -0.337 e. The van der Waals surface area contributed by atoms with Crippen molar-refractivity contribution < 1.29 is 8.42 Å². The molecule has 1 aromatic carbocycles. The van der Waals surface area contributed by atoms with Gasteiger partial charge in [0.15, 0.2) is 5.82 Å². The summed E-state index contributed by atoms with van der Waals surface area (Å²) in [6.45, 7) is 1.59. The fourth-order valence-corrected chi connectivity index (χ4v) is 2.88. The molecule has 0 saturated carbocycles. The maximum atomic E-state index is 12.1. The topological polar surface area (TPSA) is 75.2 Å². The lowest BCUT2D eigenvalue weighted by Gasteiger charge is -2.22. The Kier molecular flexibility index (Phi) is 5.10. The first-order valence-corrected chi connectivity index (χ1v) is 8.72. The number of hydrogen-bond acceptors (Lipinski definition) is 5. The molecule has 0 radical (unpaired) electrons. The molecule has 0 spiro atoms. The number of anilines is 3. The van der Waals surface area contributed by atoms with E-state index in [9.17, 15) is 8.42 Å². The molecule has 9 heteroatoms. The average Bonchev–Trinajstić information content (AvgIpc) is 2.50. The highest BCUT2D eigenvalue weighted by molar-refractivity contribution is 7.92. The first-order chi connectivity index (χ1) is 10.3. The van der Waals surface area contributed by atoms with E-state index in [0.717, 1.165) is 0 Å². The Labute approximate surface area is 139 Å². The molecular weight excluding hydrogens is 347 g/mol. The molecule has 2 aromatic rings. The molecule has 0 aliphatic carbocycles. The third kappa shape index (κ3) is 3.60. The molecule has 0 amide bonds. The van der Waals surface area contributed by atoms with E-state index in [-0.39, 0.29) is 16.1 Å². The van der Waals surface area contributed by atoms with Crippen LogP contribution < -0.4 is 9.62 Å². The number of benzene rings is 1. The zero-order valence-corrected chi connectivity index (χ0v) is 14.2. The molecule has 0 bridgehead atoms. The Morgan fingerprint density at radius 3 is 2.64 bits per heavy atom. The highest BCUT2D eigenvalue weighted by Gasteiger charge is 2.19. The van der Waals surface area contributed by atoms with E-state index in [1.165, 1.54) is 17.5 Å². The number of hydrogen-bond donors (Lipinski definition) is 1. The van der Waals surface area contributed by atoms with Crippen LogP contribution in [0.4, 0.5) is 17.2 Å². The minimum absolute atomic E-state index is 0.00206. The van der Waals surface area contributed by atoms with Gasteiger partial charge in [-0.15, -0.1) is 0 Å². The third-order valence-electron chi connectivity index (χ3n) is 2.99. The van der Waals surface area contributed by atoms with Gasteiger partial charge in [0.2, 0.25) is 15.3 Å².